The second-order valence-corrected chi connectivity index (χ2v) is 4.56. The Hall–Kier alpha value is -1.94. The van der Waals surface area contributed by atoms with Crippen LogP contribution in [0.3, 0.4) is 0 Å². The summed E-state index contributed by atoms with van der Waals surface area (Å²) in [5.41, 5.74) is 0.984. The zero-order valence-electron chi connectivity index (χ0n) is 11.0. The number of methoxy groups -OCH3 is 1. The first-order valence-corrected chi connectivity index (χ1v) is 6.89. The highest BCUT2D eigenvalue weighted by Gasteiger charge is 1.98. The highest BCUT2D eigenvalue weighted by atomic mass is 32.2. The number of rotatable bonds is 6. The van der Waals surface area contributed by atoms with Crippen molar-refractivity contribution in [3.05, 3.63) is 24.0 Å². The maximum atomic E-state index is 8.46. The molecule has 0 bridgehead atoms. The first-order chi connectivity index (χ1) is 9.30. The van der Waals surface area contributed by atoms with Crippen LogP contribution in [0.2, 0.25) is 0 Å². The van der Waals surface area contributed by atoms with Crippen LogP contribution < -0.4 is 15.4 Å². The van der Waals surface area contributed by atoms with Crippen LogP contribution in [0.4, 0.5) is 0 Å². The molecule has 0 aliphatic rings. The molecule has 0 saturated heterocycles. The summed E-state index contributed by atoms with van der Waals surface area (Å²) in [6, 6.07) is 3.75. The number of hydrogen-bond donors (Lipinski definition) is 2. The zero-order chi connectivity index (χ0) is 13.9. The molecular weight excluding hydrogens is 262 g/mol. The summed E-state index contributed by atoms with van der Waals surface area (Å²) in [6.07, 6.45) is 3.56. The van der Waals surface area contributed by atoms with Gasteiger partial charge in [-0.1, -0.05) is 0 Å². The molecule has 0 unspecified atom stereocenters. The summed E-state index contributed by atoms with van der Waals surface area (Å²) >= 11 is 1.73. The fourth-order valence-corrected chi connectivity index (χ4v) is 2.03. The number of thioether (sulfide) groups is 1. The lowest BCUT2D eigenvalue weighted by atomic mass is 10.3. The van der Waals surface area contributed by atoms with E-state index >= 15 is 0 Å². The standard InChI is InChI=1S/C12H17N5OS/c1-14-12(17-9-13)16-5-6-19-8-10-7-11(18-2)3-4-15-10/h3-4,7H,5-6,8H2,1-2H3,(H2,14,16,17). The number of hydrogen-bond acceptors (Lipinski definition) is 5. The quantitative estimate of drug-likeness (QED) is 0.265. The zero-order valence-corrected chi connectivity index (χ0v) is 11.8. The van der Waals surface area contributed by atoms with Crippen molar-refractivity contribution in [2.75, 3.05) is 26.5 Å². The van der Waals surface area contributed by atoms with Crippen LogP contribution in [-0.4, -0.2) is 37.4 Å². The first kappa shape index (κ1) is 15.1. The van der Waals surface area contributed by atoms with Gasteiger partial charge in [0.25, 0.3) is 0 Å². The molecule has 0 aliphatic carbocycles. The molecule has 7 heteroatoms. The van der Waals surface area contributed by atoms with E-state index in [0.717, 1.165) is 22.9 Å². The lowest BCUT2D eigenvalue weighted by Crippen LogP contribution is -2.31. The van der Waals surface area contributed by atoms with Gasteiger partial charge < -0.3 is 10.1 Å². The van der Waals surface area contributed by atoms with E-state index in [4.69, 9.17) is 10.00 Å². The SMILES string of the molecule is CN/C(=N/CCSCc1cc(OC)ccn1)NC#N. The van der Waals surface area contributed by atoms with Gasteiger partial charge in [0.05, 0.1) is 19.3 Å². The first-order valence-electron chi connectivity index (χ1n) is 5.74. The summed E-state index contributed by atoms with van der Waals surface area (Å²) in [5.74, 6) is 2.98. The summed E-state index contributed by atoms with van der Waals surface area (Å²) < 4.78 is 5.14. The van der Waals surface area contributed by atoms with Gasteiger partial charge in [-0.05, 0) is 6.07 Å². The number of ether oxygens (including phenoxy) is 1. The van der Waals surface area contributed by atoms with E-state index in [9.17, 15) is 0 Å². The molecule has 0 radical (unpaired) electrons. The van der Waals surface area contributed by atoms with Crippen molar-refractivity contribution in [3.8, 4) is 11.9 Å². The lowest BCUT2D eigenvalue weighted by molar-refractivity contribution is 0.413. The molecule has 0 aliphatic heterocycles. The monoisotopic (exact) mass is 279 g/mol. The minimum atomic E-state index is 0.489. The molecule has 1 aromatic rings. The molecule has 2 N–H and O–H groups in total. The fourth-order valence-electron chi connectivity index (χ4n) is 1.29. The second kappa shape index (κ2) is 9.05. The molecule has 0 spiro atoms. The minimum Gasteiger partial charge on any atom is -0.497 e. The molecule has 0 fully saturated rings. The topological polar surface area (TPSA) is 82.3 Å². The van der Waals surface area contributed by atoms with Crippen molar-refractivity contribution in [1.82, 2.24) is 15.6 Å². The maximum absolute atomic E-state index is 8.46. The highest BCUT2D eigenvalue weighted by Crippen LogP contribution is 2.15. The Bertz CT molecular complexity index is 458. The molecule has 0 amide bonds. The average Bonchev–Trinajstić information content (AvgIpc) is 2.46. The van der Waals surface area contributed by atoms with Crippen LogP contribution in [0.1, 0.15) is 5.69 Å². The van der Waals surface area contributed by atoms with Crippen molar-refractivity contribution in [2.45, 2.75) is 5.75 Å². The third-order valence-corrected chi connectivity index (χ3v) is 3.16. The number of pyridine rings is 1. The van der Waals surface area contributed by atoms with Crippen molar-refractivity contribution in [3.63, 3.8) is 0 Å². The Kier molecular flexibility index (Phi) is 7.20. The van der Waals surface area contributed by atoms with Crippen molar-refractivity contribution in [2.24, 2.45) is 4.99 Å². The number of nitrogens with one attached hydrogen (secondary N) is 2. The van der Waals surface area contributed by atoms with Crippen LogP contribution in [0.25, 0.3) is 0 Å². The molecule has 1 aromatic heterocycles. The van der Waals surface area contributed by atoms with Gasteiger partial charge in [0.1, 0.15) is 5.75 Å². The van der Waals surface area contributed by atoms with Crippen molar-refractivity contribution < 1.29 is 4.74 Å². The Morgan fingerprint density at radius 3 is 3.16 bits per heavy atom. The van der Waals surface area contributed by atoms with Gasteiger partial charge >= 0.3 is 0 Å². The van der Waals surface area contributed by atoms with Gasteiger partial charge in [-0.2, -0.15) is 17.0 Å². The number of nitriles is 1. The average molecular weight is 279 g/mol. The molecule has 0 atom stereocenters. The minimum absolute atomic E-state index is 0.489. The van der Waals surface area contributed by atoms with Crippen LogP contribution in [0.5, 0.6) is 5.75 Å². The molecular formula is C12H17N5OS. The molecule has 102 valence electrons. The van der Waals surface area contributed by atoms with E-state index in [1.165, 1.54) is 0 Å². The van der Waals surface area contributed by atoms with E-state index in [2.05, 4.69) is 20.6 Å². The van der Waals surface area contributed by atoms with Crippen molar-refractivity contribution >= 4 is 17.7 Å². The van der Waals surface area contributed by atoms with E-state index in [-0.39, 0.29) is 0 Å². The summed E-state index contributed by atoms with van der Waals surface area (Å²) in [6.45, 7) is 0.638. The van der Waals surface area contributed by atoms with E-state index < -0.39 is 0 Å². The Balaban J connectivity index is 2.29. The third kappa shape index (κ3) is 5.97. The Morgan fingerprint density at radius 1 is 1.63 bits per heavy atom. The van der Waals surface area contributed by atoms with Gasteiger partial charge in [0, 0.05) is 30.8 Å². The van der Waals surface area contributed by atoms with E-state index in [1.54, 1.807) is 32.1 Å². The van der Waals surface area contributed by atoms with Crippen molar-refractivity contribution in [1.29, 1.82) is 5.26 Å². The van der Waals surface area contributed by atoms with E-state index in [0.29, 0.717) is 12.5 Å². The van der Waals surface area contributed by atoms with Crippen LogP contribution in [0.15, 0.2) is 23.3 Å². The van der Waals surface area contributed by atoms with Crippen LogP contribution in [0, 0.1) is 11.5 Å². The molecule has 1 heterocycles. The highest BCUT2D eigenvalue weighted by molar-refractivity contribution is 7.98. The van der Waals surface area contributed by atoms with Gasteiger partial charge in [0.2, 0.25) is 5.96 Å². The number of aliphatic imine (C=N–C) groups is 1. The summed E-state index contributed by atoms with van der Waals surface area (Å²) in [4.78, 5) is 8.46. The molecule has 0 aromatic carbocycles. The third-order valence-electron chi connectivity index (χ3n) is 2.19. The summed E-state index contributed by atoms with van der Waals surface area (Å²) in [7, 11) is 3.36. The van der Waals surface area contributed by atoms with Crippen LogP contribution in [-0.2, 0) is 5.75 Å². The molecule has 0 saturated carbocycles. The predicted molar refractivity (Wildman–Crippen MR) is 77.1 cm³/mol. The lowest BCUT2D eigenvalue weighted by Gasteiger charge is -2.04. The normalized spacial score (nSPS) is 10.7. The van der Waals surface area contributed by atoms with Crippen LogP contribution >= 0.6 is 11.8 Å². The largest absolute Gasteiger partial charge is 0.497 e. The van der Waals surface area contributed by atoms with Gasteiger partial charge in [0.15, 0.2) is 6.19 Å². The molecule has 6 nitrogen and oxygen atoms in total. The van der Waals surface area contributed by atoms with Gasteiger partial charge in [-0.3, -0.25) is 15.3 Å². The molecule has 19 heavy (non-hydrogen) atoms. The Labute approximate surface area is 117 Å². The number of aromatic nitrogens is 1. The number of nitrogens with zero attached hydrogens (tertiary/aromatic N) is 3. The second-order valence-electron chi connectivity index (χ2n) is 3.46. The summed E-state index contributed by atoms with van der Waals surface area (Å²) in [5, 5.41) is 13.7. The smallest absolute Gasteiger partial charge is 0.204 e. The predicted octanol–water partition coefficient (Wildman–Crippen LogP) is 0.969. The molecule has 1 rings (SSSR count). The van der Waals surface area contributed by atoms with E-state index in [1.807, 2.05) is 18.3 Å². The number of guanidine groups is 1. The Morgan fingerprint density at radius 2 is 2.47 bits per heavy atom. The maximum Gasteiger partial charge on any atom is 0.204 e. The van der Waals surface area contributed by atoms with Gasteiger partial charge in [-0.25, -0.2) is 0 Å². The fraction of sp³-hybridized carbons (Fsp3) is 0.417. The van der Waals surface area contributed by atoms with Gasteiger partial charge in [-0.15, -0.1) is 0 Å².